The van der Waals surface area contributed by atoms with Crippen molar-refractivity contribution in [3.63, 3.8) is 0 Å². The number of nitrogens with zero attached hydrogens (tertiary/aromatic N) is 1. The van der Waals surface area contributed by atoms with Crippen LogP contribution in [0.5, 0.6) is 11.5 Å². The lowest BCUT2D eigenvalue weighted by Gasteiger charge is -2.14. The van der Waals surface area contributed by atoms with E-state index < -0.39 is 0 Å². The molecule has 0 aromatic heterocycles. The van der Waals surface area contributed by atoms with E-state index in [1.807, 2.05) is 43.3 Å². The molecule has 7 heteroatoms. The fraction of sp³-hybridized carbons (Fsp3) is 0.174. The second-order valence-corrected chi connectivity index (χ2v) is 7.62. The lowest BCUT2D eigenvalue weighted by atomic mass is 10.2. The third-order valence-corrected chi connectivity index (χ3v) is 5.12. The van der Waals surface area contributed by atoms with E-state index in [1.54, 1.807) is 18.3 Å². The van der Waals surface area contributed by atoms with Crippen LogP contribution in [0.15, 0.2) is 70.2 Å². The first-order valence-corrected chi connectivity index (χ1v) is 10.6. The molecule has 0 radical (unpaired) electrons. The standard InChI is InChI=1S/C23H21BrClFN2O2/c1-2-29-22-12-17(13-27-28-14-18-5-3-4-6-21(18)25)11-20(24)23(22)30-15-16-7-9-19(26)10-8-16/h3-13,28H,2,14-15H2,1H3/b27-13-. The molecule has 0 amide bonds. The fourth-order valence-corrected chi connectivity index (χ4v) is 3.47. The van der Waals surface area contributed by atoms with Gasteiger partial charge >= 0.3 is 0 Å². The molecule has 0 bridgehead atoms. The molecule has 0 aliphatic carbocycles. The van der Waals surface area contributed by atoms with Gasteiger partial charge in [0.2, 0.25) is 0 Å². The van der Waals surface area contributed by atoms with Crippen molar-refractivity contribution in [3.05, 3.63) is 92.7 Å². The zero-order chi connectivity index (χ0) is 21.3. The Morgan fingerprint density at radius 1 is 1.10 bits per heavy atom. The van der Waals surface area contributed by atoms with Crippen molar-refractivity contribution >= 4 is 33.7 Å². The second kappa shape index (κ2) is 11.0. The summed E-state index contributed by atoms with van der Waals surface area (Å²) in [7, 11) is 0. The lowest BCUT2D eigenvalue weighted by molar-refractivity contribution is 0.267. The topological polar surface area (TPSA) is 42.8 Å². The first-order chi connectivity index (χ1) is 14.6. The Morgan fingerprint density at radius 3 is 2.60 bits per heavy atom. The molecule has 0 atom stereocenters. The monoisotopic (exact) mass is 490 g/mol. The highest BCUT2D eigenvalue weighted by atomic mass is 79.9. The summed E-state index contributed by atoms with van der Waals surface area (Å²) >= 11 is 9.69. The summed E-state index contributed by atoms with van der Waals surface area (Å²) in [6.07, 6.45) is 1.70. The molecule has 0 saturated carbocycles. The average molecular weight is 492 g/mol. The Bertz CT molecular complexity index is 1010. The van der Waals surface area contributed by atoms with E-state index in [0.29, 0.717) is 36.3 Å². The molecule has 0 spiro atoms. The molecular formula is C23H21BrClFN2O2. The molecule has 3 aromatic rings. The van der Waals surface area contributed by atoms with Crippen molar-refractivity contribution in [2.45, 2.75) is 20.1 Å². The molecule has 4 nitrogen and oxygen atoms in total. The van der Waals surface area contributed by atoms with Crippen molar-refractivity contribution in [3.8, 4) is 11.5 Å². The van der Waals surface area contributed by atoms with Crippen LogP contribution < -0.4 is 14.9 Å². The van der Waals surface area contributed by atoms with E-state index >= 15 is 0 Å². The number of benzene rings is 3. The van der Waals surface area contributed by atoms with Gasteiger partial charge in [-0.15, -0.1) is 0 Å². The molecule has 156 valence electrons. The van der Waals surface area contributed by atoms with E-state index in [2.05, 4.69) is 26.5 Å². The Hall–Kier alpha value is -2.57. The number of halogens is 3. The third-order valence-electron chi connectivity index (χ3n) is 4.16. The van der Waals surface area contributed by atoms with Gasteiger partial charge in [0.1, 0.15) is 12.4 Å². The van der Waals surface area contributed by atoms with Crippen molar-refractivity contribution in [1.82, 2.24) is 5.43 Å². The minimum absolute atomic E-state index is 0.276. The predicted octanol–water partition coefficient (Wildman–Crippen LogP) is 6.34. The Labute approximate surface area is 188 Å². The number of ether oxygens (including phenoxy) is 2. The third kappa shape index (κ3) is 6.21. The van der Waals surface area contributed by atoms with Crippen molar-refractivity contribution in [2.24, 2.45) is 5.10 Å². The highest BCUT2D eigenvalue weighted by Crippen LogP contribution is 2.37. The maximum Gasteiger partial charge on any atom is 0.175 e. The first-order valence-electron chi connectivity index (χ1n) is 9.39. The fourth-order valence-electron chi connectivity index (χ4n) is 2.69. The van der Waals surface area contributed by atoms with E-state index in [4.69, 9.17) is 21.1 Å². The summed E-state index contributed by atoms with van der Waals surface area (Å²) in [6.45, 7) is 3.22. The predicted molar refractivity (Wildman–Crippen MR) is 122 cm³/mol. The molecule has 30 heavy (non-hydrogen) atoms. The van der Waals surface area contributed by atoms with Crippen LogP contribution >= 0.6 is 27.5 Å². The molecule has 0 fully saturated rings. The van der Waals surface area contributed by atoms with Gasteiger partial charge in [-0.1, -0.05) is 41.9 Å². The van der Waals surface area contributed by atoms with Crippen molar-refractivity contribution in [2.75, 3.05) is 6.61 Å². The van der Waals surface area contributed by atoms with Gasteiger partial charge < -0.3 is 14.9 Å². The molecular weight excluding hydrogens is 471 g/mol. The summed E-state index contributed by atoms with van der Waals surface area (Å²) in [5.41, 5.74) is 5.66. The Balaban J connectivity index is 1.68. The van der Waals surface area contributed by atoms with Gasteiger partial charge in [0.05, 0.1) is 23.8 Å². The SMILES string of the molecule is CCOc1cc(/C=N\NCc2ccccc2Cl)cc(Br)c1OCc1ccc(F)cc1. The van der Waals surface area contributed by atoms with E-state index in [1.165, 1.54) is 12.1 Å². The number of hydrogen-bond acceptors (Lipinski definition) is 4. The summed E-state index contributed by atoms with van der Waals surface area (Å²) in [5.74, 6) is 0.908. The van der Waals surface area contributed by atoms with Crippen LogP contribution in [0, 0.1) is 5.82 Å². The zero-order valence-corrected chi connectivity index (χ0v) is 18.7. The van der Waals surface area contributed by atoms with Crippen LogP contribution in [0.25, 0.3) is 0 Å². The molecule has 3 aromatic carbocycles. The molecule has 0 aliphatic rings. The maximum absolute atomic E-state index is 13.1. The highest BCUT2D eigenvalue weighted by Gasteiger charge is 2.12. The summed E-state index contributed by atoms with van der Waals surface area (Å²) in [4.78, 5) is 0. The molecule has 1 N–H and O–H groups in total. The molecule has 0 heterocycles. The van der Waals surface area contributed by atoms with E-state index in [9.17, 15) is 4.39 Å². The van der Waals surface area contributed by atoms with Crippen LogP contribution in [0.4, 0.5) is 4.39 Å². The van der Waals surface area contributed by atoms with Crippen molar-refractivity contribution in [1.29, 1.82) is 0 Å². The minimum atomic E-state index is -0.276. The maximum atomic E-state index is 13.1. The van der Waals surface area contributed by atoms with Crippen LogP contribution in [-0.4, -0.2) is 12.8 Å². The van der Waals surface area contributed by atoms with Crippen LogP contribution in [0.3, 0.4) is 0 Å². The Morgan fingerprint density at radius 2 is 1.87 bits per heavy atom. The van der Waals surface area contributed by atoms with Gasteiger partial charge in [0.25, 0.3) is 0 Å². The molecule has 3 rings (SSSR count). The quantitative estimate of drug-likeness (QED) is 0.280. The number of hydrogen-bond donors (Lipinski definition) is 1. The van der Waals surface area contributed by atoms with Gasteiger partial charge in [0, 0.05) is 5.02 Å². The summed E-state index contributed by atoms with van der Waals surface area (Å²) in [6, 6.07) is 17.6. The van der Waals surface area contributed by atoms with Gasteiger partial charge in [-0.25, -0.2) is 4.39 Å². The number of rotatable bonds is 9. The van der Waals surface area contributed by atoms with Gasteiger partial charge in [-0.05, 0) is 69.9 Å². The normalized spacial score (nSPS) is 10.9. The van der Waals surface area contributed by atoms with E-state index in [-0.39, 0.29) is 5.82 Å². The van der Waals surface area contributed by atoms with Gasteiger partial charge in [0.15, 0.2) is 11.5 Å². The smallest absolute Gasteiger partial charge is 0.175 e. The molecule has 0 unspecified atom stereocenters. The summed E-state index contributed by atoms with van der Waals surface area (Å²) < 4.78 is 25.5. The largest absolute Gasteiger partial charge is 0.490 e. The van der Waals surface area contributed by atoms with Crippen LogP contribution in [-0.2, 0) is 13.2 Å². The molecule has 0 aliphatic heterocycles. The Kier molecular flexibility index (Phi) is 8.11. The van der Waals surface area contributed by atoms with Crippen molar-refractivity contribution < 1.29 is 13.9 Å². The summed E-state index contributed by atoms with van der Waals surface area (Å²) in [5, 5.41) is 4.96. The highest BCUT2D eigenvalue weighted by molar-refractivity contribution is 9.10. The second-order valence-electron chi connectivity index (χ2n) is 6.36. The average Bonchev–Trinajstić information content (AvgIpc) is 2.73. The number of nitrogens with one attached hydrogen (secondary N) is 1. The molecule has 0 saturated heterocycles. The number of hydrazone groups is 1. The van der Waals surface area contributed by atoms with Gasteiger partial charge in [-0.3, -0.25) is 0 Å². The zero-order valence-electron chi connectivity index (χ0n) is 16.4. The van der Waals surface area contributed by atoms with Crippen LogP contribution in [0.1, 0.15) is 23.6 Å². The van der Waals surface area contributed by atoms with E-state index in [0.717, 1.165) is 21.2 Å². The first kappa shape index (κ1) is 22.1. The van der Waals surface area contributed by atoms with Crippen LogP contribution in [0.2, 0.25) is 5.02 Å². The lowest BCUT2D eigenvalue weighted by Crippen LogP contribution is -2.06. The minimum Gasteiger partial charge on any atom is -0.490 e. The van der Waals surface area contributed by atoms with Gasteiger partial charge in [-0.2, -0.15) is 5.10 Å².